The second-order valence-electron chi connectivity index (χ2n) is 4.58. The third kappa shape index (κ3) is 5.19. The van der Waals surface area contributed by atoms with E-state index in [4.69, 9.17) is 9.84 Å². The van der Waals surface area contributed by atoms with Crippen molar-refractivity contribution in [3.8, 4) is 5.75 Å². The van der Waals surface area contributed by atoms with E-state index in [1.807, 2.05) is 13.8 Å². The van der Waals surface area contributed by atoms with Gasteiger partial charge in [-0.2, -0.15) is 0 Å². The van der Waals surface area contributed by atoms with Crippen molar-refractivity contribution in [3.05, 3.63) is 29.8 Å². The van der Waals surface area contributed by atoms with E-state index < -0.39 is 6.10 Å². The van der Waals surface area contributed by atoms with E-state index in [-0.39, 0.29) is 12.0 Å². The first-order valence-electron chi connectivity index (χ1n) is 6.22. The van der Waals surface area contributed by atoms with E-state index in [2.05, 4.69) is 5.32 Å². The third-order valence-corrected chi connectivity index (χ3v) is 2.34. The number of hydrogen-bond donors (Lipinski definition) is 2. The largest absolute Gasteiger partial charge is 0.491 e. The molecule has 1 atom stereocenters. The predicted molar refractivity (Wildman–Crippen MR) is 70.8 cm³/mol. The van der Waals surface area contributed by atoms with E-state index >= 15 is 0 Å². The minimum Gasteiger partial charge on any atom is -0.491 e. The van der Waals surface area contributed by atoms with Gasteiger partial charge in [-0.1, -0.05) is 0 Å². The smallest absolute Gasteiger partial charge is 0.251 e. The van der Waals surface area contributed by atoms with Crippen LogP contribution in [0.25, 0.3) is 0 Å². The quantitative estimate of drug-likeness (QED) is 0.812. The number of carbonyl (C=O) groups excluding carboxylic acids is 1. The fraction of sp³-hybridized carbons (Fsp3) is 0.500. The van der Waals surface area contributed by atoms with Crippen LogP contribution >= 0.6 is 0 Å². The van der Waals surface area contributed by atoms with Gasteiger partial charge in [0.2, 0.25) is 0 Å². The molecule has 0 saturated heterocycles. The van der Waals surface area contributed by atoms with Gasteiger partial charge in [-0.15, -0.1) is 0 Å². The highest BCUT2D eigenvalue weighted by Gasteiger charge is 2.06. The van der Waals surface area contributed by atoms with Crippen LogP contribution in [0.3, 0.4) is 0 Å². The van der Waals surface area contributed by atoms with E-state index in [1.165, 1.54) is 0 Å². The summed E-state index contributed by atoms with van der Waals surface area (Å²) in [5.74, 6) is 0.622. The van der Waals surface area contributed by atoms with Crippen molar-refractivity contribution in [2.45, 2.75) is 39.4 Å². The Balaban J connectivity index is 2.48. The molecule has 1 rings (SSSR count). The Hall–Kier alpha value is -1.55. The summed E-state index contributed by atoms with van der Waals surface area (Å²) in [5.41, 5.74) is 0.594. The lowest BCUT2D eigenvalue weighted by molar-refractivity contribution is 0.0945. The highest BCUT2D eigenvalue weighted by atomic mass is 16.5. The maximum absolute atomic E-state index is 11.7. The van der Waals surface area contributed by atoms with Gasteiger partial charge < -0.3 is 15.2 Å². The van der Waals surface area contributed by atoms with Gasteiger partial charge in [0.15, 0.2) is 0 Å². The van der Waals surface area contributed by atoms with Crippen LogP contribution in [-0.4, -0.2) is 29.8 Å². The van der Waals surface area contributed by atoms with Crippen molar-refractivity contribution < 1.29 is 14.6 Å². The maximum atomic E-state index is 11.7. The van der Waals surface area contributed by atoms with Crippen LogP contribution in [0, 0.1) is 0 Å². The number of nitrogens with one attached hydrogen (secondary N) is 1. The van der Waals surface area contributed by atoms with Crippen molar-refractivity contribution in [2.75, 3.05) is 6.54 Å². The Bertz CT molecular complexity index is 371. The first kappa shape index (κ1) is 14.5. The number of ether oxygens (including phenoxy) is 1. The molecule has 2 N–H and O–H groups in total. The van der Waals surface area contributed by atoms with Crippen molar-refractivity contribution in [3.63, 3.8) is 0 Å². The van der Waals surface area contributed by atoms with Gasteiger partial charge in [0.05, 0.1) is 12.2 Å². The monoisotopic (exact) mass is 251 g/mol. The average molecular weight is 251 g/mol. The molecule has 4 nitrogen and oxygen atoms in total. The molecule has 0 aliphatic rings. The zero-order chi connectivity index (χ0) is 13.5. The summed E-state index contributed by atoms with van der Waals surface area (Å²) in [6, 6.07) is 7.03. The lowest BCUT2D eigenvalue weighted by Gasteiger charge is -2.10. The summed E-state index contributed by atoms with van der Waals surface area (Å²) in [7, 11) is 0. The second-order valence-corrected chi connectivity index (χ2v) is 4.58. The summed E-state index contributed by atoms with van der Waals surface area (Å²) in [5, 5.41) is 11.8. The van der Waals surface area contributed by atoms with Gasteiger partial charge in [0.25, 0.3) is 5.91 Å². The summed E-state index contributed by atoms with van der Waals surface area (Å²) in [6.07, 6.45) is 0.281. The predicted octanol–water partition coefficient (Wildman–Crippen LogP) is 1.97. The van der Waals surface area contributed by atoms with Crippen LogP contribution in [-0.2, 0) is 0 Å². The Morgan fingerprint density at radius 3 is 2.39 bits per heavy atom. The van der Waals surface area contributed by atoms with Crippen LogP contribution in [0.15, 0.2) is 24.3 Å². The topological polar surface area (TPSA) is 58.6 Å². The SMILES string of the molecule is CC(O)CCNC(=O)c1ccc(OC(C)C)cc1. The van der Waals surface area contributed by atoms with E-state index in [1.54, 1.807) is 31.2 Å². The minimum absolute atomic E-state index is 0.121. The first-order chi connectivity index (χ1) is 8.49. The second kappa shape index (κ2) is 7.01. The molecule has 1 aromatic carbocycles. The molecule has 0 aliphatic carbocycles. The molecule has 1 unspecified atom stereocenters. The van der Waals surface area contributed by atoms with Gasteiger partial charge in [0.1, 0.15) is 5.75 Å². The summed E-state index contributed by atoms with van der Waals surface area (Å²) in [4.78, 5) is 11.7. The molecule has 0 spiro atoms. The van der Waals surface area contributed by atoms with Crippen molar-refractivity contribution in [2.24, 2.45) is 0 Å². The molecule has 0 bridgehead atoms. The molecule has 0 saturated carbocycles. The Morgan fingerprint density at radius 1 is 1.28 bits per heavy atom. The molecule has 18 heavy (non-hydrogen) atoms. The minimum atomic E-state index is -0.396. The zero-order valence-corrected chi connectivity index (χ0v) is 11.1. The molecular formula is C14H21NO3. The van der Waals surface area contributed by atoms with E-state index in [0.29, 0.717) is 18.5 Å². The van der Waals surface area contributed by atoms with E-state index in [9.17, 15) is 4.79 Å². The highest BCUT2D eigenvalue weighted by Crippen LogP contribution is 2.13. The van der Waals surface area contributed by atoms with Gasteiger partial charge >= 0.3 is 0 Å². The van der Waals surface area contributed by atoms with Crippen molar-refractivity contribution >= 4 is 5.91 Å². The molecule has 0 aromatic heterocycles. The van der Waals surface area contributed by atoms with E-state index in [0.717, 1.165) is 5.75 Å². The van der Waals surface area contributed by atoms with Crippen LogP contribution in [0.2, 0.25) is 0 Å². The molecule has 4 heteroatoms. The number of hydrogen-bond acceptors (Lipinski definition) is 3. The summed E-state index contributed by atoms with van der Waals surface area (Å²) < 4.78 is 5.50. The normalized spacial score (nSPS) is 12.3. The Morgan fingerprint density at radius 2 is 1.89 bits per heavy atom. The van der Waals surface area contributed by atoms with Gasteiger partial charge in [-0.25, -0.2) is 0 Å². The highest BCUT2D eigenvalue weighted by molar-refractivity contribution is 5.94. The van der Waals surface area contributed by atoms with Crippen LogP contribution < -0.4 is 10.1 Å². The molecular weight excluding hydrogens is 230 g/mol. The fourth-order valence-electron chi connectivity index (χ4n) is 1.45. The van der Waals surface area contributed by atoms with Crippen molar-refractivity contribution in [1.29, 1.82) is 0 Å². The molecule has 0 aliphatic heterocycles. The molecule has 1 amide bonds. The average Bonchev–Trinajstić information content (AvgIpc) is 2.28. The zero-order valence-electron chi connectivity index (χ0n) is 11.1. The number of benzene rings is 1. The Kier molecular flexibility index (Phi) is 5.65. The summed E-state index contributed by atoms with van der Waals surface area (Å²) >= 11 is 0. The fourth-order valence-corrected chi connectivity index (χ4v) is 1.45. The van der Waals surface area contributed by atoms with Crippen LogP contribution in [0.1, 0.15) is 37.6 Å². The number of rotatable bonds is 6. The number of amides is 1. The van der Waals surface area contributed by atoms with Gasteiger partial charge in [-0.3, -0.25) is 4.79 Å². The number of carbonyl (C=O) groups is 1. The van der Waals surface area contributed by atoms with Gasteiger partial charge in [-0.05, 0) is 51.5 Å². The Labute approximate surface area is 108 Å². The van der Waals surface area contributed by atoms with Crippen molar-refractivity contribution in [1.82, 2.24) is 5.32 Å². The molecule has 1 aromatic rings. The lowest BCUT2D eigenvalue weighted by Crippen LogP contribution is -2.26. The molecule has 100 valence electrons. The third-order valence-electron chi connectivity index (χ3n) is 2.34. The van der Waals surface area contributed by atoms with Crippen LogP contribution in [0.4, 0.5) is 0 Å². The molecule has 0 heterocycles. The van der Waals surface area contributed by atoms with Crippen LogP contribution in [0.5, 0.6) is 5.75 Å². The molecule has 0 fully saturated rings. The number of aliphatic hydroxyl groups excluding tert-OH is 1. The molecule has 0 radical (unpaired) electrons. The number of aliphatic hydroxyl groups is 1. The lowest BCUT2D eigenvalue weighted by atomic mass is 10.2. The van der Waals surface area contributed by atoms with Gasteiger partial charge in [0, 0.05) is 12.1 Å². The first-order valence-corrected chi connectivity index (χ1v) is 6.22. The summed E-state index contributed by atoms with van der Waals surface area (Å²) in [6.45, 7) is 6.08. The maximum Gasteiger partial charge on any atom is 0.251 e. The standard InChI is InChI=1S/C14H21NO3/c1-10(2)18-13-6-4-12(5-7-13)14(17)15-9-8-11(3)16/h4-7,10-11,16H,8-9H2,1-3H3,(H,15,17).